The molecule has 1 spiro atoms. The maximum Gasteiger partial charge on any atom is 0.288 e. The first-order valence-corrected chi connectivity index (χ1v) is 9.02. The molecule has 21 heavy (non-hydrogen) atoms. The minimum Gasteiger partial charge on any atom is -0.334 e. The molecule has 1 aromatic carbocycles. The molecule has 0 amide bonds. The van der Waals surface area contributed by atoms with E-state index in [1.54, 1.807) is 23.9 Å². The molecule has 1 aliphatic carbocycles. The molecule has 1 aliphatic heterocycles. The number of anilines is 1. The van der Waals surface area contributed by atoms with E-state index < -0.39 is 5.76 Å². The number of halogens is 2. The highest BCUT2D eigenvalue weighted by Gasteiger charge is 2.36. The van der Waals surface area contributed by atoms with Gasteiger partial charge in [0.25, 0.3) is 5.76 Å². The van der Waals surface area contributed by atoms with Crippen LogP contribution in [0.1, 0.15) is 25.7 Å². The van der Waals surface area contributed by atoms with E-state index in [1.807, 2.05) is 12.1 Å². The van der Waals surface area contributed by atoms with Gasteiger partial charge in [-0.2, -0.15) is 8.78 Å². The topological polar surface area (TPSA) is 24.4 Å². The molecule has 0 bridgehead atoms. The van der Waals surface area contributed by atoms with Crippen molar-refractivity contribution in [1.82, 2.24) is 0 Å². The summed E-state index contributed by atoms with van der Waals surface area (Å²) in [7, 11) is 0. The van der Waals surface area contributed by atoms with Gasteiger partial charge in [-0.25, -0.2) is 0 Å². The predicted octanol–water partition coefficient (Wildman–Crippen LogP) is 5.08. The fraction of sp³-hybridized carbons (Fsp3) is 0.533. The number of alkyl halides is 2. The summed E-state index contributed by atoms with van der Waals surface area (Å²) < 4.78 is 25.2. The molecule has 1 saturated carbocycles. The fourth-order valence-corrected chi connectivity index (χ4v) is 4.70. The molecule has 1 aromatic rings. The van der Waals surface area contributed by atoms with Crippen LogP contribution in [-0.2, 0) is 0 Å². The first-order valence-electron chi connectivity index (χ1n) is 7.15. The normalized spacial score (nSPS) is 20.8. The number of aliphatic imine (C=N–C) groups is 1. The van der Waals surface area contributed by atoms with Crippen molar-refractivity contribution in [2.24, 2.45) is 10.4 Å². The average molecular weight is 328 g/mol. The lowest BCUT2D eigenvalue weighted by Gasteiger charge is -2.31. The van der Waals surface area contributed by atoms with Gasteiger partial charge in [0, 0.05) is 17.2 Å². The highest BCUT2D eigenvalue weighted by Crippen LogP contribution is 2.43. The zero-order chi connectivity index (χ0) is 14.7. The van der Waals surface area contributed by atoms with Crippen molar-refractivity contribution in [2.45, 2.75) is 36.3 Å². The summed E-state index contributed by atoms with van der Waals surface area (Å²) in [5.41, 5.74) is 1.11. The van der Waals surface area contributed by atoms with Crippen LogP contribution in [0.25, 0.3) is 0 Å². The first kappa shape index (κ1) is 15.2. The lowest BCUT2D eigenvalue weighted by atomic mass is 9.89. The van der Waals surface area contributed by atoms with Gasteiger partial charge in [0.05, 0.1) is 5.69 Å². The summed E-state index contributed by atoms with van der Waals surface area (Å²) in [6.07, 6.45) is 5.17. The van der Waals surface area contributed by atoms with Gasteiger partial charge >= 0.3 is 0 Å². The lowest BCUT2D eigenvalue weighted by Crippen LogP contribution is -2.30. The maximum atomic E-state index is 12.6. The third-order valence-electron chi connectivity index (χ3n) is 4.08. The van der Waals surface area contributed by atoms with Crippen LogP contribution in [0.4, 0.5) is 14.5 Å². The summed E-state index contributed by atoms with van der Waals surface area (Å²) in [6, 6.07) is 7.17. The van der Waals surface area contributed by atoms with E-state index in [1.165, 1.54) is 25.7 Å². The van der Waals surface area contributed by atoms with Crippen LogP contribution in [0.2, 0.25) is 0 Å². The molecular weight excluding hydrogens is 310 g/mol. The molecule has 0 aromatic heterocycles. The smallest absolute Gasteiger partial charge is 0.288 e. The van der Waals surface area contributed by atoms with E-state index in [9.17, 15) is 8.78 Å². The van der Waals surface area contributed by atoms with Gasteiger partial charge in [-0.1, -0.05) is 48.5 Å². The maximum absolute atomic E-state index is 12.6. The van der Waals surface area contributed by atoms with Gasteiger partial charge in [0.1, 0.15) is 0 Å². The zero-order valence-corrected chi connectivity index (χ0v) is 13.3. The molecule has 1 heterocycles. The lowest BCUT2D eigenvalue weighted by molar-refractivity contribution is 0.252. The Balaban J connectivity index is 1.68. The Bertz CT molecular complexity index is 528. The number of nitrogens with zero attached hydrogens (tertiary/aromatic N) is 1. The van der Waals surface area contributed by atoms with Crippen LogP contribution in [0.3, 0.4) is 0 Å². The van der Waals surface area contributed by atoms with Crippen molar-refractivity contribution < 1.29 is 8.78 Å². The third-order valence-corrected chi connectivity index (χ3v) is 6.13. The number of rotatable bonds is 3. The van der Waals surface area contributed by atoms with Crippen molar-refractivity contribution in [2.75, 3.05) is 17.6 Å². The number of para-hydroxylation sites is 1. The van der Waals surface area contributed by atoms with Crippen LogP contribution < -0.4 is 5.32 Å². The summed E-state index contributed by atoms with van der Waals surface area (Å²) in [6.45, 7) is 0.868. The zero-order valence-electron chi connectivity index (χ0n) is 11.6. The van der Waals surface area contributed by atoms with E-state index in [0.717, 1.165) is 23.2 Å². The number of nitrogens with one attached hydrogen (secondary N) is 1. The molecule has 2 aliphatic rings. The highest BCUT2D eigenvalue weighted by atomic mass is 32.2. The van der Waals surface area contributed by atoms with Crippen LogP contribution >= 0.6 is 23.5 Å². The predicted molar refractivity (Wildman–Crippen MR) is 87.6 cm³/mol. The minimum absolute atomic E-state index is 0.396. The molecule has 0 unspecified atom stereocenters. The summed E-state index contributed by atoms with van der Waals surface area (Å²) in [5.74, 6) is -1.32. The Hall–Kier alpha value is -0.750. The van der Waals surface area contributed by atoms with Gasteiger partial charge in [-0.3, -0.25) is 4.99 Å². The molecule has 3 rings (SSSR count). The number of hydrogen-bond acceptors (Lipinski definition) is 4. The van der Waals surface area contributed by atoms with Crippen molar-refractivity contribution in [1.29, 1.82) is 0 Å². The monoisotopic (exact) mass is 328 g/mol. The average Bonchev–Trinajstić information content (AvgIpc) is 2.92. The molecule has 2 nitrogen and oxygen atoms in total. The molecular formula is C15H18F2N2S2. The minimum atomic E-state index is -2.41. The van der Waals surface area contributed by atoms with Crippen LogP contribution in [0.15, 0.2) is 34.2 Å². The standard InChI is InChI=1S/C15H18F2N2S2/c16-13(17)21-12-6-2-1-5-11(12)19-14-18-9-15(10-20-14)7-3-4-8-15/h1-2,5-6,13H,3-4,7-10H2,(H,18,19). The molecule has 0 radical (unpaired) electrons. The molecule has 6 heteroatoms. The van der Waals surface area contributed by atoms with E-state index in [-0.39, 0.29) is 0 Å². The van der Waals surface area contributed by atoms with Crippen molar-refractivity contribution in [3.05, 3.63) is 24.3 Å². The third kappa shape index (κ3) is 3.72. The van der Waals surface area contributed by atoms with E-state index >= 15 is 0 Å². The van der Waals surface area contributed by atoms with E-state index in [2.05, 4.69) is 10.3 Å². The molecule has 0 atom stereocenters. The first-order chi connectivity index (χ1) is 10.2. The van der Waals surface area contributed by atoms with E-state index in [0.29, 0.717) is 22.1 Å². The Kier molecular flexibility index (Phi) is 4.74. The van der Waals surface area contributed by atoms with Gasteiger partial charge in [-0.05, 0) is 30.4 Å². The van der Waals surface area contributed by atoms with Gasteiger partial charge in [-0.15, -0.1) is 0 Å². The second kappa shape index (κ2) is 6.57. The van der Waals surface area contributed by atoms with Gasteiger partial charge < -0.3 is 5.32 Å². The quantitative estimate of drug-likeness (QED) is 0.783. The second-order valence-corrected chi connectivity index (χ2v) is 7.61. The van der Waals surface area contributed by atoms with Gasteiger partial charge in [0.2, 0.25) is 0 Å². The summed E-state index contributed by atoms with van der Waals surface area (Å²) in [4.78, 5) is 5.22. The summed E-state index contributed by atoms with van der Waals surface area (Å²) >= 11 is 2.30. The molecule has 1 N–H and O–H groups in total. The van der Waals surface area contributed by atoms with Crippen molar-refractivity contribution >= 4 is 34.4 Å². The van der Waals surface area contributed by atoms with Gasteiger partial charge in [0.15, 0.2) is 5.17 Å². The summed E-state index contributed by atoms with van der Waals surface area (Å²) in [5, 5.41) is 4.08. The second-order valence-electron chi connectivity index (χ2n) is 5.62. The number of hydrogen-bond donors (Lipinski definition) is 1. The van der Waals surface area contributed by atoms with Crippen LogP contribution in [-0.4, -0.2) is 23.2 Å². The Morgan fingerprint density at radius 1 is 1.24 bits per heavy atom. The van der Waals surface area contributed by atoms with Crippen molar-refractivity contribution in [3.8, 4) is 0 Å². The molecule has 0 saturated heterocycles. The van der Waals surface area contributed by atoms with Crippen LogP contribution in [0.5, 0.6) is 0 Å². The van der Waals surface area contributed by atoms with E-state index in [4.69, 9.17) is 0 Å². The molecule has 1 fully saturated rings. The van der Waals surface area contributed by atoms with Crippen LogP contribution in [0, 0.1) is 5.41 Å². The largest absolute Gasteiger partial charge is 0.334 e. The number of amidine groups is 1. The SMILES string of the molecule is FC(F)Sc1ccccc1NC1=NCC2(CCCC2)CS1. The molecule has 114 valence electrons. The Labute approximate surface area is 132 Å². The Morgan fingerprint density at radius 2 is 2.00 bits per heavy atom. The van der Waals surface area contributed by atoms with Crippen molar-refractivity contribution in [3.63, 3.8) is 0 Å². The number of thioether (sulfide) groups is 2. The number of benzene rings is 1. The Morgan fingerprint density at radius 3 is 2.67 bits per heavy atom. The highest BCUT2D eigenvalue weighted by molar-refractivity contribution is 8.14. The fourth-order valence-electron chi connectivity index (χ4n) is 2.94.